The van der Waals surface area contributed by atoms with Crippen molar-refractivity contribution in [1.82, 2.24) is 9.80 Å². The monoisotopic (exact) mass is 442 g/mol. The van der Waals surface area contributed by atoms with E-state index in [4.69, 9.17) is 0 Å². The summed E-state index contributed by atoms with van der Waals surface area (Å²) in [6, 6.07) is 8.95. The number of likely N-dealkylation sites (tertiary alicyclic amines) is 1. The summed E-state index contributed by atoms with van der Waals surface area (Å²) in [6.07, 6.45) is 3.80. The van der Waals surface area contributed by atoms with Crippen LogP contribution in [0, 0.1) is 25.7 Å². The number of carbonyl (C=O) groups is 2. The summed E-state index contributed by atoms with van der Waals surface area (Å²) in [7, 11) is 1.97. The lowest BCUT2D eigenvalue weighted by atomic mass is 10.0. The minimum atomic E-state index is 0.161. The maximum absolute atomic E-state index is 13.0. The SMILES string of the molecule is Cc1ccc([C@H]2C[C@H]2C(=O)N(C)C2CCN(C(=O)[C@H]3C[C@H]3c3ccc(C)s3)CC2)s1. The first-order chi connectivity index (χ1) is 14.4. The van der Waals surface area contributed by atoms with E-state index in [0.717, 1.165) is 38.8 Å². The van der Waals surface area contributed by atoms with Crippen LogP contribution in [0.25, 0.3) is 0 Å². The molecule has 0 N–H and O–H groups in total. The Morgan fingerprint density at radius 3 is 1.97 bits per heavy atom. The Labute approximate surface area is 186 Å². The average Bonchev–Trinajstić information content (AvgIpc) is 3.64. The number of carbonyl (C=O) groups excluding carboxylic acids is 2. The van der Waals surface area contributed by atoms with Gasteiger partial charge >= 0.3 is 0 Å². The van der Waals surface area contributed by atoms with Crippen molar-refractivity contribution in [3.05, 3.63) is 43.8 Å². The van der Waals surface area contributed by atoms with Gasteiger partial charge in [-0.3, -0.25) is 9.59 Å². The van der Waals surface area contributed by atoms with Crippen molar-refractivity contribution >= 4 is 34.5 Å². The summed E-state index contributed by atoms with van der Waals surface area (Å²) in [5.74, 6) is 1.83. The number of nitrogens with zero attached hydrogens (tertiary/aromatic N) is 2. The molecule has 3 aliphatic rings. The summed E-state index contributed by atoms with van der Waals surface area (Å²) in [5.41, 5.74) is 0. The quantitative estimate of drug-likeness (QED) is 0.668. The van der Waals surface area contributed by atoms with Crippen LogP contribution in [0.3, 0.4) is 0 Å². The van der Waals surface area contributed by atoms with Gasteiger partial charge in [0.15, 0.2) is 0 Å². The Morgan fingerprint density at radius 1 is 0.900 bits per heavy atom. The number of hydrogen-bond acceptors (Lipinski definition) is 4. The molecule has 0 spiro atoms. The van der Waals surface area contributed by atoms with E-state index in [2.05, 4.69) is 38.1 Å². The highest BCUT2D eigenvalue weighted by molar-refractivity contribution is 7.12. The maximum atomic E-state index is 13.0. The molecule has 3 heterocycles. The molecular weight excluding hydrogens is 412 g/mol. The Bertz CT molecular complexity index is 956. The fourth-order valence-corrected chi connectivity index (χ4v) is 7.13. The van der Waals surface area contributed by atoms with Crippen LogP contribution in [0.15, 0.2) is 24.3 Å². The molecule has 1 saturated heterocycles. The van der Waals surface area contributed by atoms with Crippen LogP contribution in [0.2, 0.25) is 0 Å². The van der Waals surface area contributed by atoms with Gasteiger partial charge in [-0.1, -0.05) is 0 Å². The third-order valence-corrected chi connectivity index (χ3v) is 9.41. The van der Waals surface area contributed by atoms with Crippen molar-refractivity contribution in [1.29, 1.82) is 0 Å². The highest BCUT2D eigenvalue weighted by Crippen LogP contribution is 2.52. The lowest BCUT2D eigenvalue weighted by molar-refractivity contribution is -0.137. The number of thiophene rings is 2. The van der Waals surface area contributed by atoms with Crippen LogP contribution in [0.5, 0.6) is 0 Å². The van der Waals surface area contributed by atoms with E-state index < -0.39 is 0 Å². The van der Waals surface area contributed by atoms with Gasteiger partial charge in [0.05, 0.1) is 0 Å². The normalized spacial score (nSPS) is 28.4. The largest absolute Gasteiger partial charge is 0.342 e. The van der Waals surface area contributed by atoms with E-state index in [9.17, 15) is 9.59 Å². The van der Waals surface area contributed by atoms with Gasteiger partial charge in [0.25, 0.3) is 0 Å². The lowest BCUT2D eigenvalue weighted by Crippen LogP contribution is -2.48. The number of rotatable bonds is 5. The molecule has 2 aromatic rings. The van der Waals surface area contributed by atoms with Crippen molar-refractivity contribution in [2.45, 2.75) is 57.4 Å². The summed E-state index contributed by atoms with van der Waals surface area (Å²) in [4.78, 5) is 35.3. The van der Waals surface area contributed by atoms with Gasteiger partial charge in [0.1, 0.15) is 0 Å². The highest BCUT2D eigenvalue weighted by Gasteiger charge is 2.48. The minimum Gasteiger partial charge on any atom is -0.342 e. The second kappa shape index (κ2) is 7.79. The second-order valence-electron chi connectivity index (χ2n) is 9.30. The first-order valence-electron chi connectivity index (χ1n) is 11.1. The van der Waals surface area contributed by atoms with Crippen molar-refractivity contribution < 1.29 is 9.59 Å². The molecule has 2 amide bonds. The standard InChI is InChI=1S/C24H30N2O2S2/c1-14-4-6-21(29-14)17-12-19(17)23(27)25(3)16-8-10-26(11-9-16)24(28)20-13-18(20)22-7-5-15(2)30-22/h4-7,16-20H,8-13H2,1-3H3/t17-,18+,19+,20-/m0/s1. The van der Waals surface area contributed by atoms with E-state index >= 15 is 0 Å². The van der Waals surface area contributed by atoms with E-state index in [0.29, 0.717) is 23.7 Å². The molecule has 6 heteroatoms. The Kier molecular flexibility index (Phi) is 5.26. The Morgan fingerprint density at radius 2 is 1.43 bits per heavy atom. The van der Waals surface area contributed by atoms with Crippen LogP contribution in [0.1, 0.15) is 57.0 Å². The molecular formula is C24H30N2O2S2. The summed E-state index contributed by atoms with van der Waals surface area (Å²) in [5, 5.41) is 0. The highest BCUT2D eigenvalue weighted by atomic mass is 32.1. The molecule has 160 valence electrons. The molecule has 2 saturated carbocycles. The van der Waals surface area contributed by atoms with E-state index in [1.165, 1.54) is 19.5 Å². The molecule has 30 heavy (non-hydrogen) atoms. The van der Waals surface area contributed by atoms with E-state index in [-0.39, 0.29) is 17.9 Å². The zero-order valence-corrected chi connectivity index (χ0v) is 19.6. The Balaban J connectivity index is 1.11. The molecule has 4 atom stereocenters. The van der Waals surface area contributed by atoms with Gasteiger partial charge in [-0.05, 0) is 63.8 Å². The Hall–Kier alpha value is -1.66. The van der Waals surface area contributed by atoms with Gasteiger partial charge in [0.2, 0.25) is 11.8 Å². The van der Waals surface area contributed by atoms with Crippen molar-refractivity contribution in [3.8, 4) is 0 Å². The number of aryl methyl sites for hydroxylation is 2. The van der Waals surface area contributed by atoms with Gasteiger partial charge in [-0.2, -0.15) is 0 Å². The second-order valence-corrected chi connectivity index (χ2v) is 11.9. The summed E-state index contributed by atoms with van der Waals surface area (Å²) < 4.78 is 0. The van der Waals surface area contributed by atoms with Gasteiger partial charge < -0.3 is 9.80 Å². The van der Waals surface area contributed by atoms with Gasteiger partial charge in [0, 0.05) is 69.4 Å². The third-order valence-electron chi connectivity index (χ3n) is 7.14. The lowest BCUT2D eigenvalue weighted by Gasteiger charge is -2.37. The fraction of sp³-hybridized carbons (Fsp3) is 0.583. The molecule has 0 unspecified atom stereocenters. The van der Waals surface area contributed by atoms with Gasteiger partial charge in [-0.25, -0.2) is 0 Å². The van der Waals surface area contributed by atoms with Crippen molar-refractivity contribution in [2.24, 2.45) is 11.8 Å². The average molecular weight is 443 g/mol. The third kappa shape index (κ3) is 3.84. The van der Waals surface area contributed by atoms with Crippen LogP contribution < -0.4 is 0 Å². The van der Waals surface area contributed by atoms with Gasteiger partial charge in [-0.15, -0.1) is 22.7 Å². The molecule has 0 bridgehead atoms. The molecule has 2 aliphatic carbocycles. The zero-order chi connectivity index (χ0) is 21.0. The molecule has 2 aromatic heterocycles. The fourth-order valence-electron chi connectivity index (χ4n) is 5.02. The molecule has 0 aromatic carbocycles. The van der Waals surface area contributed by atoms with E-state index in [1.54, 1.807) is 0 Å². The van der Waals surface area contributed by atoms with Crippen molar-refractivity contribution in [3.63, 3.8) is 0 Å². The van der Waals surface area contributed by atoms with E-state index in [1.807, 2.05) is 39.5 Å². The summed E-state index contributed by atoms with van der Waals surface area (Å²) >= 11 is 3.65. The molecule has 0 radical (unpaired) electrons. The van der Waals surface area contributed by atoms with Crippen LogP contribution in [-0.4, -0.2) is 47.8 Å². The zero-order valence-electron chi connectivity index (χ0n) is 18.0. The molecule has 1 aliphatic heterocycles. The summed E-state index contributed by atoms with van der Waals surface area (Å²) in [6.45, 7) is 5.82. The first-order valence-corrected chi connectivity index (χ1v) is 12.7. The number of piperidine rings is 1. The number of hydrogen-bond donors (Lipinski definition) is 0. The van der Waals surface area contributed by atoms with Crippen LogP contribution >= 0.6 is 22.7 Å². The first kappa shape index (κ1) is 20.3. The minimum absolute atomic E-state index is 0.161. The van der Waals surface area contributed by atoms with Crippen molar-refractivity contribution in [2.75, 3.05) is 20.1 Å². The number of amides is 2. The van der Waals surface area contributed by atoms with Crippen LogP contribution in [0.4, 0.5) is 0 Å². The maximum Gasteiger partial charge on any atom is 0.226 e. The smallest absolute Gasteiger partial charge is 0.226 e. The predicted octanol–water partition coefficient (Wildman–Crippen LogP) is 4.78. The predicted molar refractivity (Wildman–Crippen MR) is 122 cm³/mol. The molecule has 4 nitrogen and oxygen atoms in total. The molecule has 5 rings (SSSR count). The molecule has 3 fully saturated rings. The topological polar surface area (TPSA) is 40.6 Å². The van der Waals surface area contributed by atoms with Crippen LogP contribution in [-0.2, 0) is 9.59 Å².